The molecule has 2 aromatic rings. The Balaban J connectivity index is 1.80. The van der Waals surface area contributed by atoms with Crippen molar-refractivity contribution in [1.82, 2.24) is 9.88 Å². The largest absolute Gasteiger partial charge is 0.346 e. The molecule has 24 heavy (non-hydrogen) atoms. The number of hydrogen-bond acceptors (Lipinski definition) is 5. The number of Topliss-reactive ketones (excluding diaryl/α,β-unsaturated/α-hetero) is 1. The van der Waals surface area contributed by atoms with Crippen LogP contribution in [0.25, 0.3) is 11.3 Å². The summed E-state index contributed by atoms with van der Waals surface area (Å²) >= 11 is 1.32. The molecule has 1 fully saturated rings. The number of carbonyl (C=O) groups excluding carboxylic acids is 2. The monoisotopic (exact) mass is 339 g/mol. The lowest BCUT2D eigenvalue weighted by molar-refractivity contribution is -0.138. The third kappa shape index (κ3) is 3.22. The Morgan fingerprint density at radius 3 is 2.83 bits per heavy atom. The first-order chi connectivity index (χ1) is 11.6. The number of carbonyl (C=O) groups is 2. The average Bonchev–Trinajstić information content (AvgIpc) is 3.08. The molecule has 1 aliphatic heterocycles. The lowest BCUT2D eigenvalue weighted by Gasteiger charge is -2.28. The van der Waals surface area contributed by atoms with Gasteiger partial charge in [-0.1, -0.05) is 30.3 Å². The third-order valence-corrected chi connectivity index (χ3v) is 5.22. The van der Waals surface area contributed by atoms with Gasteiger partial charge in [-0.05, 0) is 6.42 Å². The quantitative estimate of drug-likeness (QED) is 0.858. The first-order valence-electron chi connectivity index (χ1n) is 7.78. The predicted octanol–water partition coefficient (Wildman–Crippen LogP) is 2.85. The molecule has 2 heterocycles. The molecule has 0 aliphatic carbocycles. The van der Waals surface area contributed by atoms with Crippen LogP contribution in [0.15, 0.2) is 35.7 Å². The lowest BCUT2D eigenvalue weighted by atomic mass is 9.86. The molecule has 1 amide bonds. The molecule has 1 aromatic heterocycles. The zero-order valence-corrected chi connectivity index (χ0v) is 14.1. The van der Waals surface area contributed by atoms with E-state index in [1.807, 2.05) is 35.7 Å². The van der Waals surface area contributed by atoms with E-state index in [0.29, 0.717) is 18.0 Å². The van der Waals surface area contributed by atoms with Crippen molar-refractivity contribution in [1.29, 1.82) is 5.26 Å². The van der Waals surface area contributed by atoms with Gasteiger partial charge in [0, 0.05) is 36.9 Å². The molecule has 0 N–H and O–H groups in total. The SMILES string of the molecule is CN1CCC(C(=O)C(C#N)c2nc(-c3ccccc3)cs2)CC1=O. The van der Waals surface area contributed by atoms with Crippen LogP contribution in [0.2, 0.25) is 0 Å². The summed E-state index contributed by atoms with van der Waals surface area (Å²) in [5, 5.41) is 11.8. The maximum atomic E-state index is 12.7. The number of benzene rings is 1. The smallest absolute Gasteiger partial charge is 0.223 e. The van der Waals surface area contributed by atoms with E-state index in [0.717, 1.165) is 11.3 Å². The van der Waals surface area contributed by atoms with E-state index in [1.54, 1.807) is 11.9 Å². The van der Waals surface area contributed by atoms with Gasteiger partial charge in [0.15, 0.2) is 11.7 Å². The van der Waals surface area contributed by atoms with Gasteiger partial charge in [-0.25, -0.2) is 4.98 Å². The fraction of sp³-hybridized carbons (Fsp3) is 0.333. The standard InChI is InChI=1S/C18H17N3O2S/c1-21-8-7-13(9-16(21)22)17(23)14(10-19)18-20-15(11-24-18)12-5-3-2-4-6-12/h2-6,11,13-14H,7-9H2,1H3. The van der Waals surface area contributed by atoms with E-state index in [4.69, 9.17) is 0 Å². The van der Waals surface area contributed by atoms with Crippen molar-refractivity contribution in [3.8, 4) is 17.3 Å². The zero-order chi connectivity index (χ0) is 17.1. The highest BCUT2D eigenvalue weighted by molar-refractivity contribution is 7.10. The van der Waals surface area contributed by atoms with Crippen LogP contribution < -0.4 is 0 Å². The summed E-state index contributed by atoms with van der Waals surface area (Å²) in [6.45, 7) is 0.556. The normalized spacial score (nSPS) is 18.9. The first kappa shape index (κ1) is 16.3. The van der Waals surface area contributed by atoms with E-state index >= 15 is 0 Å². The Morgan fingerprint density at radius 2 is 2.17 bits per heavy atom. The van der Waals surface area contributed by atoms with Gasteiger partial charge >= 0.3 is 0 Å². The van der Waals surface area contributed by atoms with Crippen molar-refractivity contribution in [2.45, 2.75) is 18.8 Å². The Kier molecular flexibility index (Phi) is 4.72. The average molecular weight is 339 g/mol. The minimum Gasteiger partial charge on any atom is -0.346 e. The van der Waals surface area contributed by atoms with Crippen LogP contribution in [0.1, 0.15) is 23.8 Å². The summed E-state index contributed by atoms with van der Waals surface area (Å²) in [4.78, 5) is 30.6. The highest BCUT2D eigenvalue weighted by Gasteiger charge is 2.35. The number of thiazole rings is 1. The topological polar surface area (TPSA) is 74.1 Å². The molecular formula is C18H17N3O2S. The molecule has 2 unspecified atom stereocenters. The number of hydrogen-bond donors (Lipinski definition) is 0. The van der Waals surface area contributed by atoms with Gasteiger partial charge in [0.1, 0.15) is 5.01 Å². The van der Waals surface area contributed by atoms with Gasteiger partial charge in [0.05, 0.1) is 11.8 Å². The number of nitrogens with zero attached hydrogens (tertiary/aromatic N) is 3. The minimum absolute atomic E-state index is 0.0413. The Hall–Kier alpha value is -2.52. The molecule has 0 saturated carbocycles. The van der Waals surface area contributed by atoms with Crippen molar-refractivity contribution in [3.05, 3.63) is 40.7 Å². The Labute approximate surface area is 144 Å². The zero-order valence-electron chi connectivity index (χ0n) is 13.3. The van der Waals surface area contributed by atoms with Crippen molar-refractivity contribution in [2.75, 3.05) is 13.6 Å². The summed E-state index contributed by atoms with van der Waals surface area (Å²) in [7, 11) is 1.73. The second-order valence-electron chi connectivity index (χ2n) is 5.91. The molecule has 0 radical (unpaired) electrons. The summed E-state index contributed by atoms with van der Waals surface area (Å²) in [5.41, 5.74) is 1.72. The van der Waals surface area contributed by atoms with E-state index in [1.165, 1.54) is 11.3 Å². The second-order valence-corrected chi connectivity index (χ2v) is 6.80. The van der Waals surface area contributed by atoms with Crippen molar-refractivity contribution >= 4 is 23.0 Å². The molecule has 1 aliphatic rings. The van der Waals surface area contributed by atoms with Gasteiger partial charge in [-0.15, -0.1) is 11.3 Å². The number of ketones is 1. The van der Waals surface area contributed by atoms with Gasteiger partial charge in [0.2, 0.25) is 5.91 Å². The number of piperidine rings is 1. The molecule has 1 aromatic carbocycles. The molecule has 6 heteroatoms. The summed E-state index contributed by atoms with van der Waals surface area (Å²) in [5.74, 6) is -1.51. The molecule has 2 atom stereocenters. The van der Waals surface area contributed by atoms with Crippen LogP contribution in [-0.4, -0.2) is 35.2 Å². The summed E-state index contributed by atoms with van der Waals surface area (Å²) < 4.78 is 0. The van der Waals surface area contributed by atoms with Crippen LogP contribution in [0.3, 0.4) is 0 Å². The molecular weight excluding hydrogens is 322 g/mol. The second kappa shape index (κ2) is 6.93. The van der Waals surface area contributed by atoms with Gasteiger partial charge in [-0.2, -0.15) is 5.26 Å². The van der Waals surface area contributed by atoms with Crippen LogP contribution in [-0.2, 0) is 9.59 Å². The summed E-state index contributed by atoms with van der Waals surface area (Å²) in [6.07, 6.45) is 0.792. The van der Waals surface area contributed by atoms with E-state index < -0.39 is 5.92 Å². The molecule has 0 spiro atoms. The van der Waals surface area contributed by atoms with Crippen molar-refractivity contribution < 1.29 is 9.59 Å². The molecule has 0 bridgehead atoms. The minimum atomic E-state index is -0.895. The van der Waals surface area contributed by atoms with Crippen LogP contribution in [0.5, 0.6) is 0 Å². The number of amides is 1. The van der Waals surface area contributed by atoms with Crippen LogP contribution in [0.4, 0.5) is 0 Å². The Bertz CT molecular complexity index is 794. The molecule has 122 valence electrons. The fourth-order valence-corrected chi connectivity index (χ4v) is 3.70. The predicted molar refractivity (Wildman–Crippen MR) is 91.3 cm³/mol. The van der Waals surface area contributed by atoms with Gasteiger partial charge < -0.3 is 4.90 Å². The number of aromatic nitrogens is 1. The first-order valence-corrected chi connectivity index (χ1v) is 8.66. The van der Waals surface area contributed by atoms with Gasteiger partial charge in [0.25, 0.3) is 0 Å². The van der Waals surface area contributed by atoms with Crippen LogP contribution >= 0.6 is 11.3 Å². The van der Waals surface area contributed by atoms with Crippen molar-refractivity contribution in [3.63, 3.8) is 0 Å². The Morgan fingerprint density at radius 1 is 1.42 bits per heavy atom. The third-order valence-electron chi connectivity index (χ3n) is 4.31. The van der Waals surface area contributed by atoms with Crippen LogP contribution in [0, 0.1) is 17.2 Å². The maximum Gasteiger partial charge on any atom is 0.223 e. The van der Waals surface area contributed by atoms with E-state index in [-0.39, 0.29) is 24.0 Å². The van der Waals surface area contributed by atoms with E-state index in [9.17, 15) is 14.9 Å². The van der Waals surface area contributed by atoms with Crippen molar-refractivity contribution in [2.24, 2.45) is 5.92 Å². The van der Waals surface area contributed by atoms with E-state index in [2.05, 4.69) is 11.1 Å². The molecule has 1 saturated heterocycles. The highest BCUT2D eigenvalue weighted by atomic mass is 32.1. The summed E-state index contributed by atoms with van der Waals surface area (Å²) in [6, 6.07) is 11.7. The van der Waals surface area contributed by atoms with Gasteiger partial charge in [-0.3, -0.25) is 9.59 Å². The fourth-order valence-electron chi connectivity index (χ4n) is 2.82. The number of likely N-dealkylation sites (tertiary alicyclic amines) is 1. The molecule has 3 rings (SSSR count). The highest BCUT2D eigenvalue weighted by Crippen LogP contribution is 2.31. The number of rotatable bonds is 4. The lowest BCUT2D eigenvalue weighted by Crippen LogP contribution is -2.39. The number of nitriles is 1. The molecule has 5 nitrogen and oxygen atoms in total. The maximum absolute atomic E-state index is 12.7.